The van der Waals surface area contributed by atoms with Crippen molar-refractivity contribution in [3.05, 3.63) is 23.0 Å². The van der Waals surface area contributed by atoms with Crippen molar-refractivity contribution in [3.63, 3.8) is 0 Å². The van der Waals surface area contributed by atoms with Crippen LogP contribution in [0.15, 0.2) is 10.7 Å². The van der Waals surface area contributed by atoms with Gasteiger partial charge in [-0.2, -0.15) is 0 Å². The topological polar surface area (TPSA) is 197 Å². The van der Waals surface area contributed by atoms with E-state index in [1.165, 1.54) is 7.11 Å². The van der Waals surface area contributed by atoms with Crippen molar-refractivity contribution in [2.45, 2.75) is 74.6 Å². The van der Waals surface area contributed by atoms with Gasteiger partial charge in [0.2, 0.25) is 17.9 Å². The quantitative estimate of drug-likeness (QED) is 0.222. The number of methoxy groups -OCH3 is 1. The fraction of sp³-hybridized carbons (Fsp3) is 0.655. The van der Waals surface area contributed by atoms with Crippen molar-refractivity contribution >= 4 is 22.8 Å². The number of carbonyl (C=O) groups excluding carboxylic acids is 2. The summed E-state index contributed by atoms with van der Waals surface area (Å²) in [4.78, 5) is 26.0. The summed E-state index contributed by atoms with van der Waals surface area (Å²) in [7, 11) is 1.42. The lowest BCUT2D eigenvalue weighted by Crippen LogP contribution is -2.68. The van der Waals surface area contributed by atoms with Crippen LogP contribution in [0.4, 0.5) is 0 Å². The number of rotatable bonds is 8. The molecule has 9 atom stereocenters. The van der Waals surface area contributed by atoms with Gasteiger partial charge in [0.1, 0.15) is 18.3 Å². The first-order chi connectivity index (χ1) is 20.2. The van der Waals surface area contributed by atoms with E-state index in [-0.39, 0.29) is 54.2 Å². The zero-order valence-corrected chi connectivity index (χ0v) is 23.4. The molecule has 1 amide bonds. The Morgan fingerprint density at radius 3 is 2.67 bits per heavy atom. The Hall–Kier alpha value is -2.94. The van der Waals surface area contributed by atoms with Crippen LogP contribution >= 0.6 is 0 Å². The largest absolute Gasteiger partial charge is 0.490 e. The summed E-state index contributed by atoms with van der Waals surface area (Å²) in [6.45, 7) is 1.13. The zero-order chi connectivity index (χ0) is 29.9. The van der Waals surface area contributed by atoms with Crippen molar-refractivity contribution in [2.24, 2.45) is 11.8 Å². The fourth-order valence-corrected chi connectivity index (χ4v) is 7.41. The van der Waals surface area contributed by atoms with E-state index in [0.717, 1.165) is 16.5 Å². The number of ether oxygens (including phenoxy) is 4. The van der Waals surface area contributed by atoms with Gasteiger partial charge in [-0.25, -0.2) is 0 Å². The average Bonchev–Trinajstić information content (AvgIpc) is 3.53. The molecule has 1 aromatic carbocycles. The normalized spacial score (nSPS) is 35.4. The molecule has 2 saturated heterocycles. The number of carbonyl (C=O) groups is 2. The molecule has 0 bridgehead atoms. The number of esters is 1. The van der Waals surface area contributed by atoms with Crippen LogP contribution in [0.25, 0.3) is 11.0 Å². The molecule has 13 heteroatoms. The third-order valence-corrected chi connectivity index (χ3v) is 9.45. The molecular weight excluding hydrogens is 554 g/mol. The van der Waals surface area contributed by atoms with E-state index >= 15 is 0 Å². The molecule has 2 aliphatic carbocycles. The van der Waals surface area contributed by atoms with Crippen molar-refractivity contribution in [2.75, 3.05) is 33.5 Å². The number of hydrogen-bond donors (Lipinski definition) is 6. The Kier molecular flexibility index (Phi) is 7.61. The van der Waals surface area contributed by atoms with Gasteiger partial charge in [-0.3, -0.25) is 9.59 Å². The molecule has 4 aliphatic rings. The van der Waals surface area contributed by atoms with Crippen LogP contribution in [0.3, 0.4) is 0 Å². The summed E-state index contributed by atoms with van der Waals surface area (Å²) >= 11 is 0. The van der Waals surface area contributed by atoms with E-state index < -0.39 is 55.8 Å². The highest BCUT2D eigenvalue weighted by molar-refractivity contribution is 5.97. The molecule has 0 unspecified atom stereocenters. The maximum Gasteiger partial charge on any atom is 0.309 e. The number of fused-ring (bicyclic) bond motifs is 2. The Balaban J connectivity index is 1.55. The van der Waals surface area contributed by atoms with E-state index in [4.69, 9.17) is 23.4 Å². The Labute approximate surface area is 241 Å². The summed E-state index contributed by atoms with van der Waals surface area (Å²) in [6.07, 6.45) is -4.13. The van der Waals surface area contributed by atoms with Crippen LogP contribution < -0.4 is 14.8 Å². The monoisotopic (exact) mass is 591 g/mol. The van der Waals surface area contributed by atoms with Gasteiger partial charge in [0, 0.05) is 47.9 Å². The van der Waals surface area contributed by atoms with Crippen molar-refractivity contribution in [1.29, 1.82) is 0 Å². The first-order valence-electron chi connectivity index (χ1n) is 14.4. The average molecular weight is 592 g/mol. The van der Waals surface area contributed by atoms with E-state index in [9.17, 15) is 35.1 Å². The van der Waals surface area contributed by atoms with Gasteiger partial charge in [-0.1, -0.05) is 0 Å². The summed E-state index contributed by atoms with van der Waals surface area (Å²) < 4.78 is 29.4. The minimum atomic E-state index is -2.28. The Bertz CT molecular complexity index is 1370. The molecule has 2 aromatic rings. The number of benzene rings is 1. The number of amides is 1. The highest BCUT2D eigenvalue weighted by Crippen LogP contribution is 2.57. The number of aliphatic hydroxyl groups excluding tert-OH is 4. The highest BCUT2D eigenvalue weighted by Gasteiger charge is 2.56. The van der Waals surface area contributed by atoms with Crippen LogP contribution in [0, 0.1) is 11.8 Å². The number of hydrogen-bond acceptors (Lipinski definition) is 12. The van der Waals surface area contributed by atoms with Crippen molar-refractivity contribution in [3.8, 4) is 11.5 Å². The summed E-state index contributed by atoms with van der Waals surface area (Å²) in [5.74, 6) is -1.46. The van der Waals surface area contributed by atoms with Crippen LogP contribution in [0.2, 0.25) is 0 Å². The third-order valence-electron chi connectivity index (χ3n) is 9.45. The molecule has 2 aliphatic heterocycles. The molecule has 2 fully saturated rings. The molecule has 0 radical (unpaired) electrons. The molecule has 230 valence electrons. The van der Waals surface area contributed by atoms with Crippen molar-refractivity contribution in [1.82, 2.24) is 5.32 Å². The summed E-state index contributed by atoms with van der Waals surface area (Å²) in [5.41, 5.74) is 0.386. The molecule has 6 N–H and O–H groups in total. The SMILES string of the molecule is CCOC(=O)[C@H]1Cc2c(O[C@@H]3O[C@H](CO)[C@@H](O)[C@H](O)[C@]3(O)CCO)c(OC)c3occ4c3c2[C@H](C1)C[C@@H]1C(=O)NC[C@@H]41. The smallest absolute Gasteiger partial charge is 0.309 e. The maximum absolute atomic E-state index is 13.1. The molecular formula is C29H37NO12. The second-order valence-corrected chi connectivity index (χ2v) is 11.6. The summed E-state index contributed by atoms with van der Waals surface area (Å²) in [6, 6.07) is 0. The van der Waals surface area contributed by atoms with E-state index in [2.05, 4.69) is 5.32 Å². The van der Waals surface area contributed by atoms with Gasteiger partial charge in [0.25, 0.3) is 0 Å². The van der Waals surface area contributed by atoms with Gasteiger partial charge in [0.15, 0.2) is 16.9 Å². The van der Waals surface area contributed by atoms with Crippen LogP contribution in [0.5, 0.6) is 11.5 Å². The lowest BCUT2D eigenvalue weighted by molar-refractivity contribution is -0.323. The van der Waals surface area contributed by atoms with Gasteiger partial charge >= 0.3 is 5.97 Å². The fourth-order valence-electron chi connectivity index (χ4n) is 7.41. The van der Waals surface area contributed by atoms with Crippen LogP contribution in [0.1, 0.15) is 54.7 Å². The molecule has 6 rings (SSSR count). The van der Waals surface area contributed by atoms with E-state index in [1.54, 1.807) is 13.2 Å². The lowest BCUT2D eigenvalue weighted by atomic mass is 9.72. The molecule has 3 heterocycles. The Morgan fingerprint density at radius 1 is 1.19 bits per heavy atom. The number of furan rings is 1. The zero-order valence-electron chi connectivity index (χ0n) is 23.4. The predicted molar refractivity (Wildman–Crippen MR) is 143 cm³/mol. The number of aliphatic hydroxyl groups is 5. The molecule has 0 spiro atoms. The van der Waals surface area contributed by atoms with E-state index in [1.807, 2.05) is 0 Å². The molecule has 1 aromatic heterocycles. The molecule has 42 heavy (non-hydrogen) atoms. The first-order valence-corrected chi connectivity index (χ1v) is 14.4. The van der Waals surface area contributed by atoms with Crippen molar-refractivity contribution < 1.29 is 58.5 Å². The third kappa shape index (κ3) is 4.28. The van der Waals surface area contributed by atoms with E-state index in [0.29, 0.717) is 30.5 Å². The van der Waals surface area contributed by atoms with Gasteiger partial charge in [-0.05, 0) is 37.7 Å². The second-order valence-electron chi connectivity index (χ2n) is 11.6. The predicted octanol–water partition coefficient (Wildman–Crippen LogP) is -0.185. The second kappa shape index (κ2) is 11.0. The standard InChI is InChI=1S/C29H37NO12/c1-3-39-27(36)13-6-12-7-14-16(9-30-26(14)35)17-11-40-23-20(17)19(12)15(8-13)22(24(23)38-2)42-28-29(37,4-5-31)25(34)21(33)18(10-32)41-28/h11-14,16,18,21,25,28,31-34,37H,3-10H2,1-2H3,(H,30,35)/t12-,13-,14+,16-,18-,21-,25+,28+,29-/m1/s1. The summed E-state index contributed by atoms with van der Waals surface area (Å²) in [5, 5.41) is 56.1. The van der Waals surface area contributed by atoms with Gasteiger partial charge in [0.05, 0.1) is 32.5 Å². The highest BCUT2D eigenvalue weighted by atomic mass is 16.7. The Morgan fingerprint density at radius 2 is 1.98 bits per heavy atom. The molecule has 13 nitrogen and oxygen atoms in total. The first kappa shape index (κ1) is 29.1. The van der Waals surface area contributed by atoms with Crippen LogP contribution in [-0.4, -0.2) is 101 Å². The van der Waals surface area contributed by atoms with Crippen LogP contribution in [-0.2, 0) is 25.5 Å². The minimum Gasteiger partial charge on any atom is -0.490 e. The van der Waals surface area contributed by atoms with Gasteiger partial charge < -0.3 is 54.2 Å². The number of nitrogens with one attached hydrogen (secondary N) is 1. The minimum absolute atomic E-state index is 0.0577. The van der Waals surface area contributed by atoms with Gasteiger partial charge in [-0.15, -0.1) is 0 Å². The maximum atomic E-state index is 13.1. The molecule has 0 saturated carbocycles. The lowest BCUT2D eigenvalue weighted by Gasteiger charge is -2.47.